The molecule has 3 aromatic rings. The minimum atomic E-state index is -0.298. The summed E-state index contributed by atoms with van der Waals surface area (Å²) in [4.78, 5) is 15.0. The van der Waals surface area contributed by atoms with Crippen LogP contribution in [0.5, 0.6) is 0 Å². The van der Waals surface area contributed by atoms with Crippen molar-refractivity contribution < 1.29 is 9.18 Å². The van der Waals surface area contributed by atoms with Crippen LogP contribution in [0.1, 0.15) is 24.3 Å². The zero-order valence-corrected chi connectivity index (χ0v) is 20.5. The normalized spacial score (nSPS) is 15.6. The maximum Gasteiger partial charge on any atom is 0.319 e. The molecular weight excluding hydrogens is 472 g/mol. The van der Waals surface area contributed by atoms with Crippen molar-refractivity contribution >= 4 is 34.9 Å². The van der Waals surface area contributed by atoms with E-state index in [9.17, 15) is 9.18 Å². The number of nitrogens with zero attached hydrogens (tertiary/aromatic N) is 1. The summed E-state index contributed by atoms with van der Waals surface area (Å²) in [5.41, 5.74) is 3.53. The van der Waals surface area contributed by atoms with E-state index in [1.54, 1.807) is 24.3 Å². The molecule has 1 atom stereocenters. The molecule has 178 valence electrons. The fourth-order valence-electron chi connectivity index (χ4n) is 4.58. The van der Waals surface area contributed by atoms with Crippen LogP contribution >= 0.6 is 23.2 Å². The largest absolute Gasteiger partial charge is 0.337 e. The first-order valence-corrected chi connectivity index (χ1v) is 12.2. The standard InChI is InChI=1S/C27H28Cl2FN3O/c1-33-11-9-20(10-12-33)26(17-31-27(34)32-25-15-22(28)14-23(29)16-25)19-7-5-18(6-8-19)21-3-2-4-24(30)13-21/h2-8,13-16,20,26H,9-12,17H2,1H3,(H2,31,32,34). The predicted octanol–water partition coefficient (Wildman–Crippen LogP) is 7.05. The molecule has 7 heteroatoms. The minimum Gasteiger partial charge on any atom is -0.337 e. The molecule has 2 amide bonds. The van der Waals surface area contributed by atoms with Crippen LogP contribution in [0.15, 0.2) is 66.7 Å². The molecule has 4 rings (SSSR count). The predicted molar refractivity (Wildman–Crippen MR) is 138 cm³/mol. The molecule has 0 radical (unpaired) electrons. The lowest BCUT2D eigenvalue weighted by molar-refractivity contribution is 0.195. The molecule has 0 bridgehead atoms. The number of rotatable bonds is 6. The molecule has 1 aliphatic heterocycles. The van der Waals surface area contributed by atoms with E-state index in [0.717, 1.165) is 37.1 Å². The molecule has 0 aliphatic carbocycles. The molecule has 34 heavy (non-hydrogen) atoms. The van der Waals surface area contributed by atoms with Crippen LogP contribution in [0.2, 0.25) is 10.0 Å². The fraction of sp³-hybridized carbons (Fsp3) is 0.296. The van der Waals surface area contributed by atoms with E-state index in [1.807, 2.05) is 18.2 Å². The van der Waals surface area contributed by atoms with Gasteiger partial charge in [-0.15, -0.1) is 0 Å². The van der Waals surface area contributed by atoms with Gasteiger partial charge < -0.3 is 15.5 Å². The van der Waals surface area contributed by atoms with E-state index in [0.29, 0.717) is 28.2 Å². The number of carbonyl (C=O) groups excluding carboxylic acids is 1. The van der Waals surface area contributed by atoms with Crippen molar-refractivity contribution in [1.29, 1.82) is 0 Å². The highest BCUT2D eigenvalue weighted by atomic mass is 35.5. The number of hydrogen-bond donors (Lipinski definition) is 2. The van der Waals surface area contributed by atoms with Crippen molar-refractivity contribution in [2.75, 3.05) is 32.0 Å². The number of carbonyl (C=O) groups is 1. The molecular formula is C27H28Cl2FN3O. The van der Waals surface area contributed by atoms with Gasteiger partial charge in [0.15, 0.2) is 0 Å². The average Bonchev–Trinajstić information content (AvgIpc) is 2.80. The molecule has 0 spiro atoms. The molecule has 2 N–H and O–H groups in total. The highest BCUT2D eigenvalue weighted by Crippen LogP contribution is 2.33. The molecule has 1 unspecified atom stereocenters. The number of hydrogen-bond acceptors (Lipinski definition) is 2. The van der Waals surface area contributed by atoms with Gasteiger partial charge in [-0.3, -0.25) is 0 Å². The summed E-state index contributed by atoms with van der Waals surface area (Å²) < 4.78 is 13.6. The van der Waals surface area contributed by atoms with Crippen molar-refractivity contribution in [3.63, 3.8) is 0 Å². The summed E-state index contributed by atoms with van der Waals surface area (Å²) in [5.74, 6) is 0.378. The van der Waals surface area contributed by atoms with Crippen molar-refractivity contribution in [3.05, 3.63) is 88.2 Å². The number of nitrogens with one attached hydrogen (secondary N) is 2. The monoisotopic (exact) mass is 499 g/mol. The Morgan fingerprint density at radius 3 is 2.32 bits per heavy atom. The van der Waals surface area contributed by atoms with Crippen molar-refractivity contribution in [3.8, 4) is 11.1 Å². The number of likely N-dealkylation sites (tertiary alicyclic amines) is 1. The minimum absolute atomic E-state index is 0.170. The summed E-state index contributed by atoms with van der Waals surface area (Å²) in [6, 6.07) is 19.5. The second kappa shape index (κ2) is 11.2. The molecule has 0 saturated carbocycles. The van der Waals surface area contributed by atoms with Crippen LogP contribution in [-0.2, 0) is 0 Å². The highest BCUT2D eigenvalue weighted by molar-refractivity contribution is 6.35. The van der Waals surface area contributed by atoms with Crippen LogP contribution in [-0.4, -0.2) is 37.6 Å². The molecule has 3 aromatic carbocycles. The molecule has 1 heterocycles. The lowest BCUT2D eigenvalue weighted by atomic mass is 9.79. The number of amides is 2. The van der Waals surface area contributed by atoms with Gasteiger partial charge in [-0.25, -0.2) is 9.18 Å². The average molecular weight is 500 g/mol. The zero-order valence-electron chi connectivity index (χ0n) is 19.0. The van der Waals surface area contributed by atoms with Gasteiger partial charge in [0.25, 0.3) is 0 Å². The Bertz CT molecular complexity index is 1110. The first-order valence-electron chi connectivity index (χ1n) is 11.4. The second-order valence-electron chi connectivity index (χ2n) is 8.87. The molecule has 1 saturated heterocycles. The van der Waals surface area contributed by atoms with Crippen LogP contribution in [0.4, 0.5) is 14.9 Å². The fourth-order valence-corrected chi connectivity index (χ4v) is 5.11. The van der Waals surface area contributed by atoms with Gasteiger partial charge in [-0.05, 0) is 85.9 Å². The highest BCUT2D eigenvalue weighted by Gasteiger charge is 2.27. The Morgan fingerprint density at radius 1 is 1.00 bits per heavy atom. The quantitative estimate of drug-likeness (QED) is 0.381. The lowest BCUT2D eigenvalue weighted by Gasteiger charge is -2.35. The van der Waals surface area contributed by atoms with Crippen molar-refractivity contribution in [2.45, 2.75) is 18.8 Å². The van der Waals surface area contributed by atoms with Crippen LogP contribution in [0, 0.1) is 11.7 Å². The SMILES string of the molecule is CN1CCC(C(CNC(=O)Nc2cc(Cl)cc(Cl)c2)c2ccc(-c3cccc(F)c3)cc2)CC1. The summed E-state index contributed by atoms with van der Waals surface area (Å²) in [7, 11) is 2.14. The number of piperidine rings is 1. The van der Waals surface area contributed by atoms with Gasteiger partial charge in [0.2, 0.25) is 0 Å². The van der Waals surface area contributed by atoms with Crippen molar-refractivity contribution in [1.82, 2.24) is 10.2 Å². The number of benzene rings is 3. The van der Waals surface area contributed by atoms with Gasteiger partial charge in [-0.1, -0.05) is 59.6 Å². The van der Waals surface area contributed by atoms with Crippen LogP contribution < -0.4 is 10.6 Å². The molecule has 4 nitrogen and oxygen atoms in total. The smallest absolute Gasteiger partial charge is 0.319 e. The molecule has 1 fully saturated rings. The van der Waals surface area contributed by atoms with Crippen molar-refractivity contribution in [2.24, 2.45) is 5.92 Å². The van der Waals surface area contributed by atoms with E-state index < -0.39 is 0 Å². The maximum absolute atomic E-state index is 13.6. The second-order valence-corrected chi connectivity index (χ2v) is 9.75. The van der Waals surface area contributed by atoms with Gasteiger partial charge in [0.05, 0.1) is 0 Å². The Balaban J connectivity index is 1.48. The summed E-state index contributed by atoms with van der Waals surface area (Å²) in [6.07, 6.45) is 2.14. The molecule has 1 aliphatic rings. The van der Waals surface area contributed by atoms with Crippen LogP contribution in [0.25, 0.3) is 11.1 Å². The van der Waals surface area contributed by atoms with E-state index in [4.69, 9.17) is 23.2 Å². The topological polar surface area (TPSA) is 44.4 Å². The van der Waals surface area contributed by atoms with Gasteiger partial charge in [0.1, 0.15) is 5.82 Å². The first kappa shape index (κ1) is 24.5. The number of anilines is 1. The Labute approximate surface area is 210 Å². The Hall–Kier alpha value is -2.60. The number of urea groups is 1. The summed E-state index contributed by atoms with van der Waals surface area (Å²) >= 11 is 12.1. The zero-order chi connectivity index (χ0) is 24.1. The third-order valence-corrected chi connectivity index (χ3v) is 6.87. The third-order valence-electron chi connectivity index (χ3n) is 6.43. The van der Waals surface area contributed by atoms with Gasteiger partial charge >= 0.3 is 6.03 Å². The molecule has 0 aromatic heterocycles. The summed E-state index contributed by atoms with van der Waals surface area (Å²) in [5, 5.41) is 6.77. The third kappa shape index (κ3) is 6.50. The van der Waals surface area contributed by atoms with Gasteiger partial charge in [0, 0.05) is 28.2 Å². The van der Waals surface area contributed by atoms with Crippen LogP contribution in [0.3, 0.4) is 0 Å². The first-order chi connectivity index (χ1) is 16.4. The summed E-state index contributed by atoms with van der Waals surface area (Å²) in [6.45, 7) is 2.58. The Kier molecular flexibility index (Phi) is 8.09. The number of halogens is 3. The Morgan fingerprint density at radius 2 is 1.68 bits per heavy atom. The lowest BCUT2D eigenvalue weighted by Crippen LogP contribution is -2.38. The van der Waals surface area contributed by atoms with E-state index >= 15 is 0 Å². The van der Waals surface area contributed by atoms with Gasteiger partial charge in [-0.2, -0.15) is 0 Å². The maximum atomic E-state index is 13.6. The van der Waals surface area contributed by atoms with E-state index in [-0.39, 0.29) is 17.8 Å². The van der Waals surface area contributed by atoms with E-state index in [2.05, 4.69) is 34.7 Å². The van der Waals surface area contributed by atoms with E-state index in [1.165, 1.54) is 17.7 Å².